The van der Waals surface area contributed by atoms with Crippen LogP contribution in [0.2, 0.25) is 5.02 Å². The molecule has 1 saturated heterocycles. The van der Waals surface area contributed by atoms with Gasteiger partial charge in [0, 0.05) is 39.1 Å². The van der Waals surface area contributed by atoms with E-state index in [1.807, 2.05) is 11.8 Å². The summed E-state index contributed by atoms with van der Waals surface area (Å²) >= 11 is 6.60. The molecule has 1 N–H and O–H groups in total. The number of rotatable bonds is 6. The number of hydrogen-bond donors (Lipinski definition) is 1. The van der Waals surface area contributed by atoms with Gasteiger partial charge in [-0.3, -0.25) is 19.5 Å². The van der Waals surface area contributed by atoms with Gasteiger partial charge in [0.2, 0.25) is 12.8 Å². The lowest BCUT2D eigenvalue weighted by Crippen LogP contribution is -2.53. The second-order valence-electron chi connectivity index (χ2n) is 8.72. The van der Waals surface area contributed by atoms with Crippen LogP contribution in [0.25, 0.3) is 5.57 Å². The van der Waals surface area contributed by atoms with Crippen LogP contribution in [0, 0.1) is 5.82 Å². The first-order chi connectivity index (χ1) is 17.8. The number of allylic oxidation sites excluding steroid dienone is 4. The first-order valence-electron chi connectivity index (χ1n) is 11.7. The number of anilines is 2. The summed E-state index contributed by atoms with van der Waals surface area (Å²) in [6.45, 7) is 3.25. The lowest BCUT2D eigenvalue weighted by molar-refractivity contribution is -0.120. The summed E-state index contributed by atoms with van der Waals surface area (Å²) in [5, 5.41) is 10.5. The number of carbonyl (C=O) groups excluding carboxylic acids is 2. The van der Waals surface area contributed by atoms with E-state index < -0.39 is 11.6 Å². The SMILES string of the molecule is C/N=C(\c1cc(Cl)c(C2=C(O)CCC=C2F)nc1N(C=O)c1ccccc1F)N1CCN(C=O)CC1C. The maximum absolute atomic E-state index is 14.8. The minimum absolute atomic E-state index is 0.0189. The number of aliphatic hydroxyl groups excluding tert-OH is 1. The van der Waals surface area contributed by atoms with E-state index in [-0.39, 0.29) is 46.0 Å². The molecule has 0 saturated carbocycles. The van der Waals surface area contributed by atoms with Gasteiger partial charge in [0.1, 0.15) is 23.2 Å². The molecule has 1 aliphatic carbocycles. The van der Waals surface area contributed by atoms with E-state index in [1.54, 1.807) is 18.0 Å². The molecule has 2 heterocycles. The summed E-state index contributed by atoms with van der Waals surface area (Å²) in [4.78, 5) is 37.2. The van der Waals surface area contributed by atoms with Gasteiger partial charge in [0.25, 0.3) is 0 Å². The second kappa shape index (κ2) is 11.1. The number of halogens is 3. The predicted molar refractivity (Wildman–Crippen MR) is 138 cm³/mol. The molecule has 11 heteroatoms. The number of benzene rings is 1. The van der Waals surface area contributed by atoms with Crippen LogP contribution < -0.4 is 4.90 Å². The van der Waals surface area contributed by atoms with E-state index in [0.717, 1.165) is 11.3 Å². The molecule has 1 unspecified atom stereocenters. The lowest BCUT2D eigenvalue weighted by atomic mass is 9.99. The number of amidine groups is 1. The molecule has 2 aromatic rings. The van der Waals surface area contributed by atoms with Crippen LogP contribution in [0.3, 0.4) is 0 Å². The lowest BCUT2D eigenvalue weighted by Gasteiger charge is -2.40. The van der Waals surface area contributed by atoms with E-state index in [1.165, 1.54) is 30.3 Å². The fourth-order valence-electron chi connectivity index (χ4n) is 4.62. The molecule has 1 atom stereocenters. The largest absolute Gasteiger partial charge is 0.511 e. The Morgan fingerprint density at radius 2 is 2.03 bits per heavy atom. The fraction of sp³-hybridized carbons (Fsp3) is 0.308. The molecule has 1 aromatic heterocycles. The number of pyridine rings is 1. The zero-order chi connectivity index (χ0) is 26.7. The van der Waals surface area contributed by atoms with Crippen molar-refractivity contribution in [2.75, 3.05) is 31.6 Å². The Morgan fingerprint density at radius 3 is 2.65 bits per heavy atom. The molecule has 0 bridgehead atoms. The number of hydrogen-bond acceptors (Lipinski definition) is 5. The number of nitrogens with zero attached hydrogens (tertiary/aromatic N) is 5. The minimum Gasteiger partial charge on any atom is -0.511 e. The number of amides is 2. The van der Waals surface area contributed by atoms with Gasteiger partial charge in [-0.25, -0.2) is 13.8 Å². The molecular weight excluding hydrogens is 504 g/mol. The van der Waals surface area contributed by atoms with Crippen LogP contribution in [-0.2, 0) is 9.59 Å². The van der Waals surface area contributed by atoms with Crippen molar-refractivity contribution >= 4 is 47.3 Å². The third-order valence-corrected chi connectivity index (χ3v) is 6.69. The van der Waals surface area contributed by atoms with Gasteiger partial charge in [-0.1, -0.05) is 23.7 Å². The van der Waals surface area contributed by atoms with Crippen molar-refractivity contribution in [3.63, 3.8) is 0 Å². The molecule has 8 nitrogen and oxygen atoms in total. The van der Waals surface area contributed by atoms with Gasteiger partial charge in [0.15, 0.2) is 5.82 Å². The highest BCUT2D eigenvalue weighted by molar-refractivity contribution is 6.33. The van der Waals surface area contributed by atoms with E-state index in [9.17, 15) is 23.5 Å². The monoisotopic (exact) mass is 529 g/mol. The quantitative estimate of drug-likeness (QED) is 0.335. The molecule has 1 aromatic carbocycles. The smallest absolute Gasteiger partial charge is 0.220 e. The molecule has 1 fully saturated rings. The number of aliphatic hydroxyl groups is 1. The Kier molecular flexibility index (Phi) is 7.87. The van der Waals surface area contributed by atoms with Crippen LogP contribution in [0.5, 0.6) is 0 Å². The molecule has 0 spiro atoms. The molecule has 2 amide bonds. The van der Waals surface area contributed by atoms with Crippen molar-refractivity contribution in [2.45, 2.75) is 25.8 Å². The summed E-state index contributed by atoms with van der Waals surface area (Å²) in [7, 11) is 1.56. The fourth-order valence-corrected chi connectivity index (χ4v) is 4.87. The van der Waals surface area contributed by atoms with Gasteiger partial charge >= 0.3 is 0 Å². The highest BCUT2D eigenvalue weighted by Crippen LogP contribution is 2.39. The summed E-state index contributed by atoms with van der Waals surface area (Å²) in [5.74, 6) is -1.21. The molecular formula is C26H26ClF2N5O3. The maximum Gasteiger partial charge on any atom is 0.220 e. The van der Waals surface area contributed by atoms with Crippen molar-refractivity contribution in [1.29, 1.82) is 0 Å². The van der Waals surface area contributed by atoms with Crippen molar-refractivity contribution in [2.24, 2.45) is 4.99 Å². The maximum atomic E-state index is 14.8. The number of carbonyl (C=O) groups is 2. The summed E-state index contributed by atoms with van der Waals surface area (Å²) < 4.78 is 29.7. The van der Waals surface area contributed by atoms with E-state index in [0.29, 0.717) is 43.9 Å². The van der Waals surface area contributed by atoms with Crippen LogP contribution in [-0.4, -0.2) is 71.3 Å². The topological polar surface area (TPSA) is 89.3 Å². The third kappa shape index (κ3) is 5.06. The average Bonchev–Trinajstić information content (AvgIpc) is 2.88. The van der Waals surface area contributed by atoms with Crippen LogP contribution in [0.4, 0.5) is 20.3 Å². The molecule has 37 heavy (non-hydrogen) atoms. The van der Waals surface area contributed by atoms with Gasteiger partial charge in [-0.05, 0) is 37.6 Å². The molecule has 194 valence electrons. The molecule has 4 rings (SSSR count). The van der Waals surface area contributed by atoms with E-state index in [4.69, 9.17) is 11.6 Å². The van der Waals surface area contributed by atoms with Crippen LogP contribution in [0.15, 0.2) is 53.0 Å². The number of para-hydroxylation sites is 1. The Labute approximate surface area is 218 Å². The van der Waals surface area contributed by atoms with Gasteiger partial charge < -0.3 is 14.9 Å². The number of aliphatic imine (C=N–C) groups is 1. The number of aromatic nitrogens is 1. The standard InChI is InChI=1S/C26H26ClF2N5O3/c1-16-13-32(14-35)10-11-33(16)25(30-2)17-12-18(27)24(23-20(29)7-5-9-22(23)37)31-26(17)34(15-36)21-8-4-3-6-19(21)28/h3-4,6-8,12,14-16,37H,5,9-11,13H2,1-2H3/b30-25+. The van der Waals surface area contributed by atoms with Crippen molar-refractivity contribution in [3.05, 3.63) is 70.1 Å². The van der Waals surface area contributed by atoms with Gasteiger partial charge in [-0.2, -0.15) is 0 Å². The second-order valence-corrected chi connectivity index (χ2v) is 9.13. The zero-order valence-electron chi connectivity index (χ0n) is 20.4. The Bertz CT molecular complexity index is 1310. The normalized spacial score (nSPS) is 18.6. The Morgan fingerprint density at radius 1 is 1.27 bits per heavy atom. The van der Waals surface area contributed by atoms with Crippen molar-refractivity contribution in [1.82, 2.24) is 14.8 Å². The molecule has 2 aliphatic rings. The molecule has 0 radical (unpaired) electrons. The summed E-state index contributed by atoms with van der Waals surface area (Å²) in [6, 6.07) is 7.01. The zero-order valence-corrected chi connectivity index (χ0v) is 21.1. The van der Waals surface area contributed by atoms with Crippen LogP contribution >= 0.6 is 11.6 Å². The van der Waals surface area contributed by atoms with Crippen molar-refractivity contribution < 1.29 is 23.5 Å². The highest BCUT2D eigenvalue weighted by Gasteiger charge is 2.32. The highest BCUT2D eigenvalue weighted by atomic mass is 35.5. The Hall–Kier alpha value is -3.79. The first-order valence-corrected chi connectivity index (χ1v) is 12.1. The summed E-state index contributed by atoms with van der Waals surface area (Å²) in [6.07, 6.45) is 3.03. The third-order valence-electron chi connectivity index (χ3n) is 6.40. The Balaban J connectivity index is 1.94. The van der Waals surface area contributed by atoms with E-state index in [2.05, 4.69) is 9.98 Å². The van der Waals surface area contributed by atoms with Gasteiger partial charge in [0.05, 0.1) is 27.5 Å². The molecule has 1 aliphatic heterocycles. The van der Waals surface area contributed by atoms with Crippen LogP contribution in [0.1, 0.15) is 31.0 Å². The van der Waals surface area contributed by atoms with Crippen molar-refractivity contribution in [3.8, 4) is 0 Å². The predicted octanol–water partition coefficient (Wildman–Crippen LogP) is 4.62. The number of piperazine rings is 1. The van der Waals surface area contributed by atoms with E-state index >= 15 is 0 Å². The first kappa shape index (κ1) is 26.3. The summed E-state index contributed by atoms with van der Waals surface area (Å²) in [5.41, 5.74) is -0.0276. The average molecular weight is 530 g/mol. The van der Waals surface area contributed by atoms with Gasteiger partial charge in [-0.15, -0.1) is 0 Å². The minimum atomic E-state index is -0.691.